The molecule has 4 heteroatoms. The quantitative estimate of drug-likeness (QED) is 0.689. The molecule has 1 aliphatic rings. The van der Waals surface area contributed by atoms with Gasteiger partial charge in [0.15, 0.2) is 0 Å². The van der Waals surface area contributed by atoms with Crippen LogP contribution in [-0.4, -0.2) is 41.8 Å². The third kappa shape index (κ3) is 4.00. The summed E-state index contributed by atoms with van der Waals surface area (Å²) in [4.78, 5) is 13.8. The maximum Gasteiger partial charge on any atom is 0.410 e. The molecule has 0 aliphatic carbocycles. The van der Waals surface area contributed by atoms with Gasteiger partial charge in [-0.1, -0.05) is 0 Å². The van der Waals surface area contributed by atoms with Crippen LogP contribution in [0.3, 0.4) is 0 Å². The fourth-order valence-corrected chi connectivity index (χ4v) is 1.73. The van der Waals surface area contributed by atoms with Gasteiger partial charge in [-0.2, -0.15) is 0 Å². The molecule has 1 heterocycles. The lowest BCUT2D eigenvalue weighted by molar-refractivity contribution is 0.0192. The minimum absolute atomic E-state index is 0.194. The summed E-state index contributed by atoms with van der Waals surface area (Å²) in [6, 6.07) is 0.662. The minimum Gasteiger partial charge on any atom is -0.444 e. The normalized spacial score (nSPS) is 27.4. The first-order valence-corrected chi connectivity index (χ1v) is 6.02. The molecular formula is C12H24N2O2. The summed E-state index contributed by atoms with van der Waals surface area (Å²) in [7, 11) is 0. The number of nitrogens with one attached hydrogen (secondary N) is 1. The lowest BCUT2D eigenvalue weighted by Crippen LogP contribution is -2.44. The Hall–Kier alpha value is -0.770. The molecule has 94 valence electrons. The van der Waals surface area contributed by atoms with Crippen molar-refractivity contribution in [2.45, 2.75) is 58.7 Å². The molecule has 1 fully saturated rings. The second-order valence-electron chi connectivity index (χ2n) is 5.62. The lowest BCUT2D eigenvalue weighted by atomic mass is 10.2. The highest BCUT2D eigenvalue weighted by molar-refractivity contribution is 5.68. The zero-order chi connectivity index (χ0) is 12.3. The van der Waals surface area contributed by atoms with Crippen LogP contribution in [0.25, 0.3) is 0 Å². The summed E-state index contributed by atoms with van der Waals surface area (Å²) in [5, 5.41) is 3.39. The third-order valence-electron chi connectivity index (χ3n) is 2.72. The summed E-state index contributed by atoms with van der Waals surface area (Å²) in [6.45, 7) is 11.5. The highest BCUT2D eigenvalue weighted by Gasteiger charge is 2.28. The third-order valence-corrected chi connectivity index (χ3v) is 2.72. The van der Waals surface area contributed by atoms with Crippen molar-refractivity contribution in [3.05, 3.63) is 0 Å². The van der Waals surface area contributed by atoms with E-state index in [0.29, 0.717) is 6.04 Å². The van der Waals surface area contributed by atoms with Crippen LogP contribution in [0.2, 0.25) is 0 Å². The van der Waals surface area contributed by atoms with E-state index in [9.17, 15) is 4.79 Å². The van der Waals surface area contributed by atoms with Crippen LogP contribution in [0.4, 0.5) is 4.79 Å². The Morgan fingerprint density at radius 2 is 2.00 bits per heavy atom. The number of nitrogens with zero attached hydrogens (tertiary/aromatic N) is 1. The second-order valence-corrected chi connectivity index (χ2v) is 5.62. The number of hydrogen-bond acceptors (Lipinski definition) is 3. The van der Waals surface area contributed by atoms with E-state index in [2.05, 4.69) is 19.2 Å². The molecule has 1 amide bonds. The number of carbonyl (C=O) groups excluding carboxylic acids is 1. The largest absolute Gasteiger partial charge is 0.444 e. The summed E-state index contributed by atoms with van der Waals surface area (Å²) < 4.78 is 5.40. The van der Waals surface area contributed by atoms with Crippen LogP contribution in [0, 0.1) is 0 Å². The highest BCUT2D eigenvalue weighted by atomic mass is 16.6. The molecule has 2 atom stereocenters. The van der Waals surface area contributed by atoms with Crippen LogP contribution >= 0.6 is 0 Å². The van der Waals surface area contributed by atoms with Gasteiger partial charge >= 0.3 is 6.09 Å². The summed E-state index contributed by atoms with van der Waals surface area (Å²) in [6.07, 6.45) is 0.778. The van der Waals surface area contributed by atoms with Crippen molar-refractivity contribution in [3.63, 3.8) is 0 Å². The van der Waals surface area contributed by atoms with Crippen molar-refractivity contribution in [1.29, 1.82) is 0 Å². The second kappa shape index (κ2) is 5.04. The van der Waals surface area contributed by atoms with Crippen LogP contribution in [0.1, 0.15) is 41.0 Å². The topological polar surface area (TPSA) is 41.6 Å². The molecule has 0 bridgehead atoms. The van der Waals surface area contributed by atoms with Gasteiger partial charge in [0.25, 0.3) is 0 Å². The Labute approximate surface area is 98.3 Å². The maximum absolute atomic E-state index is 12.0. The van der Waals surface area contributed by atoms with Gasteiger partial charge in [0.2, 0.25) is 0 Å². The average Bonchev–Trinajstić information content (AvgIpc) is 2.26. The SMILES string of the molecule is CC1CCN(C(=O)OC(C)(C)C)C(C)CN1. The first kappa shape index (κ1) is 13.3. The molecule has 0 saturated carbocycles. The molecular weight excluding hydrogens is 204 g/mol. The maximum atomic E-state index is 12.0. The minimum atomic E-state index is -0.415. The van der Waals surface area contributed by atoms with Crippen molar-refractivity contribution in [3.8, 4) is 0 Å². The van der Waals surface area contributed by atoms with E-state index < -0.39 is 5.60 Å². The number of ether oxygens (including phenoxy) is 1. The fourth-order valence-electron chi connectivity index (χ4n) is 1.73. The molecule has 1 N–H and O–H groups in total. The summed E-state index contributed by atoms with van der Waals surface area (Å²) in [5.41, 5.74) is -0.415. The number of amides is 1. The Morgan fingerprint density at radius 1 is 1.38 bits per heavy atom. The lowest BCUT2D eigenvalue weighted by Gasteiger charge is -2.30. The predicted molar refractivity (Wildman–Crippen MR) is 64.5 cm³/mol. The van der Waals surface area contributed by atoms with Crippen LogP contribution in [0.15, 0.2) is 0 Å². The van der Waals surface area contributed by atoms with E-state index in [1.54, 1.807) is 0 Å². The molecule has 1 aliphatic heterocycles. The van der Waals surface area contributed by atoms with Crippen molar-refractivity contribution in [2.24, 2.45) is 0 Å². The average molecular weight is 228 g/mol. The van der Waals surface area contributed by atoms with Crippen molar-refractivity contribution in [1.82, 2.24) is 10.2 Å². The number of hydrogen-bond donors (Lipinski definition) is 1. The van der Waals surface area contributed by atoms with E-state index in [4.69, 9.17) is 4.74 Å². The molecule has 0 radical (unpaired) electrons. The van der Waals surface area contributed by atoms with E-state index in [1.165, 1.54) is 0 Å². The highest BCUT2D eigenvalue weighted by Crippen LogP contribution is 2.14. The first-order valence-electron chi connectivity index (χ1n) is 6.02. The van der Waals surface area contributed by atoms with Crippen molar-refractivity contribution < 1.29 is 9.53 Å². The smallest absolute Gasteiger partial charge is 0.410 e. The fraction of sp³-hybridized carbons (Fsp3) is 0.917. The van der Waals surface area contributed by atoms with Gasteiger partial charge in [0.05, 0.1) is 0 Å². The molecule has 2 unspecified atom stereocenters. The molecule has 0 aromatic rings. The van der Waals surface area contributed by atoms with E-state index in [1.807, 2.05) is 25.7 Å². The molecule has 0 aromatic heterocycles. The van der Waals surface area contributed by atoms with Crippen LogP contribution < -0.4 is 5.32 Å². The molecule has 1 saturated heterocycles. The molecule has 1 rings (SSSR count). The summed E-state index contributed by atoms with van der Waals surface area (Å²) in [5.74, 6) is 0. The van der Waals surface area contributed by atoms with Gasteiger partial charge in [-0.25, -0.2) is 4.79 Å². The van der Waals surface area contributed by atoms with Crippen molar-refractivity contribution in [2.75, 3.05) is 13.1 Å². The first-order chi connectivity index (χ1) is 7.29. The van der Waals surface area contributed by atoms with Gasteiger partial charge in [-0.15, -0.1) is 0 Å². The van der Waals surface area contributed by atoms with Gasteiger partial charge in [0, 0.05) is 25.2 Å². The molecule has 16 heavy (non-hydrogen) atoms. The summed E-state index contributed by atoms with van der Waals surface area (Å²) >= 11 is 0. The predicted octanol–water partition coefficient (Wildman–Crippen LogP) is 1.99. The van der Waals surface area contributed by atoms with Gasteiger partial charge < -0.3 is 15.0 Å². The Balaban J connectivity index is 2.60. The van der Waals surface area contributed by atoms with Crippen molar-refractivity contribution >= 4 is 6.09 Å². The van der Waals surface area contributed by atoms with Gasteiger partial charge in [-0.05, 0) is 41.0 Å². The van der Waals surface area contributed by atoms with Crippen LogP contribution in [-0.2, 0) is 4.74 Å². The van der Waals surface area contributed by atoms with Crippen LogP contribution in [0.5, 0.6) is 0 Å². The van der Waals surface area contributed by atoms with E-state index in [-0.39, 0.29) is 12.1 Å². The standard InChI is InChI=1S/C12H24N2O2/c1-9-6-7-14(10(2)8-13-9)11(15)16-12(3,4)5/h9-10,13H,6-8H2,1-5H3. The van der Waals surface area contributed by atoms with E-state index in [0.717, 1.165) is 19.5 Å². The molecule has 0 aromatic carbocycles. The zero-order valence-electron chi connectivity index (χ0n) is 11.0. The van der Waals surface area contributed by atoms with E-state index >= 15 is 0 Å². The number of carbonyl (C=O) groups is 1. The zero-order valence-corrected chi connectivity index (χ0v) is 11.0. The van der Waals surface area contributed by atoms with Gasteiger partial charge in [-0.3, -0.25) is 0 Å². The monoisotopic (exact) mass is 228 g/mol. The van der Waals surface area contributed by atoms with Gasteiger partial charge in [0.1, 0.15) is 5.60 Å². The Morgan fingerprint density at radius 3 is 2.56 bits per heavy atom. The molecule has 4 nitrogen and oxygen atoms in total. The Kier molecular flexibility index (Phi) is 4.19. The Bertz CT molecular complexity index is 248. The molecule has 0 spiro atoms. The number of rotatable bonds is 0.